The molecule has 7 heteroatoms. The number of hydrogen-bond donors (Lipinski definition) is 0. The van der Waals surface area contributed by atoms with Crippen LogP contribution in [0, 0.1) is 5.92 Å². The number of carbonyl (C=O) groups is 1. The van der Waals surface area contributed by atoms with E-state index in [1.807, 2.05) is 4.90 Å². The fourth-order valence-corrected chi connectivity index (χ4v) is 3.60. The minimum absolute atomic E-state index is 0.115. The third-order valence-corrected chi connectivity index (χ3v) is 5.08. The van der Waals surface area contributed by atoms with E-state index in [0.29, 0.717) is 25.0 Å². The lowest BCUT2D eigenvalue weighted by Crippen LogP contribution is -2.61. The normalized spacial score (nSPS) is 28.5. The fourth-order valence-electron chi connectivity index (χ4n) is 3.60. The Morgan fingerprint density at radius 3 is 3.00 bits per heavy atom. The molecule has 0 radical (unpaired) electrons. The second-order valence-electron chi connectivity index (χ2n) is 6.69. The third-order valence-electron chi connectivity index (χ3n) is 5.08. The average Bonchev–Trinajstić information content (AvgIpc) is 3.27. The Labute approximate surface area is 135 Å². The van der Waals surface area contributed by atoms with Gasteiger partial charge in [0.1, 0.15) is 0 Å². The van der Waals surface area contributed by atoms with Gasteiger partial charge < -0.3 is 18.9 Å². The highest BCUT2D eigenvalue weighted by atomic mass is 16.5. The van der Waals surface area contributed by atoms with E-state index in [-0.39, 0.29) is 17.8 Å². The summed E-state index contributed by atoms with van der Waals surface area (Å²) in [4.78, 5) is 17.0. The molecular formula is C16H23N3O4. The highest BCUT2D eigenvalue weighted by Crippen LogP contribution is 2.33. The van der Waals surface area contributed by atoms with Gasteiger partial charge in [-0.25, -0.2) is 0 Å². The number of aromatic nitrogens is 1. The minimum Gasteiger partial charge on any atom is -0.479 e. The van der Waals surface area contributed by atoms with E-state index in [1.54, 1.807) is 6.07 Å². The molecule has 4 rings (SSSR count). The summed E-state index contributed by atoms with van der Waals surface area (Å²) in [5.41, 5.74) is 0. The van der Waals surface area contributed by atoms with Crippen molar-refractivity contribution in [2.45, 2.75) is 31.4 Å². The molecule has 1 aromatic rings. The molecule has 0 unspecified atom stereocenters. The van der Waals surface area contributed by atoms with Crippen molar-refractivity contribution in [3.05, 3.63) is 11.8 Å². The van der Waals surface area contributed by atoms with E-state index in [9.17, 15) is 4.79 Å². The number of fused-ring (bicyclic) bond motifs is 1. The number of rotatable bonds is 4. The summed E-state index contributed by atoms with van der Waals surface area (Å²) in [6.45, 7) is 4.30. The SMILES string of the molecule is COc1cc(C(=O)N2CC[C@@H]3OCCN(CC4CC4)[C@H]3C2)on1. The number of methoxy groups -OCH3 is 1. The Balaban J connectivity index is 1.44. The zero-order chi connectivity index (χ0) is 15.8. The molecule has 3 aliphatic rings. The number of likely N-dealkylation sites (tertiary alicyclic amines) is 1. The molecule has 1 aliphatic carbocycles. The molecule has 0 N–H and O–H groups in total. The monoisotopic (exact) mass is 321 g/mol. The van der Waals surface area contributed by atoms with Gasteiger partial charge in [0.2, 0.25) is 5.76 Å². The smallest absolute Gasteiger partial charge is 0.292 e. The van der Waals surface area contributed by atoms with E-state index >= 15 is 0 Å². The van der Waals surface area contributed by atoms with E-state index < -0.39 is 0 Å². The van der Waals surface area contributed by atoms with Crippen LogP contribution < -0.4 is 4.74 Å². The number of hydrogen-bond acceptors (Lipinski definition) is 6. The Morgan fingerprint density at radius 1 is 1.39 bits per heavy atom. The number of piperidine rings is 1. The minimum atomic E-state index is -0.115. The Bertz CT molecular complexity index is 571. The van der Waals surface area contributed by atoms with E-state index in [4.69, 9.17) is 14.0 Å². The van der Waals surface area contributed by atoms with E-state index in [0.717, 1.165) is 32.0 Å². The maximum atomic E-state index is 12.6. The van der Waals surface area contributed by atoms with Crippen LogP contribution in [0.2, 0.25) is 0 Å². The first-order valence-corrected chi connectivity index (χ1v) is 8.40. The second kappa shape index (κ2) is 6.13. The van der Waals surface area contributed by atoms with Gasteiger partial charge in [0.05, 0.1) is 31.9 Å². The summed E-state index contributed by atoms with van der Waals surface area (Å²) < 4.78 is 16.0. The molecule has 1 aromatic heterocycles. The van der Waals surface area contributed by atoms with Gasteiger partial charge in [0.25, 0.3) is 11.8 Å². The molecule has 7 nitrogen and oxygen atoms in total. The van der Waals surface area contributed by atoms with Crippen molar-refractivity contribution in [1.82, 2.24) is 15.0 Å². The lowest BCUT2D eigenvalue weighted by atomic mass is 9.98. The second-order valence-corrected chi connectivity index (χ2v) is 6.69. The van der Waals surface area contributed by atoms with Gasteiger partial charge in [-0.15, -0.1) is 0 Å². The van der Waals surface area contributed by atoms with Crippen LogP contribution in [0.25, 0.3) is 0 Å². The van der Waals surface area contributed by atoms with Gasteiger partial charge >= 0.3 is 0 Å². The van der Waals surface area contributed by atoms with Crippen LogP contribution in [-0.2, 0) is 4.74 Å². The van der Waals surface area contributed by atoms with Crippen molar-refractivity contribution >= 4 is 5.91 Å². The summed E-state index contributed by atoms with van der Waals surface area (Å²) in [6.07, 6.45) is 3.81. The summed E-state index contributed by atoms with van der Waals surface area (Å²) >= 11 is 0. The lowest BCUT2D eigenvalue weighted by molar-refractivity contribution is -0.0991. The molecule has 2 saturated heterocycles. The van der Waals surface area contributed by atoms with Crippen LogP contribution in [0.1, 0.15) is 29.8 Å². The van der Waals surface area contributed by atoms with Crippen LogP contribution in [0.4, 0.5) is 0 Å². The Morgan fingerprint density at radius 2 is 2.26 bits per heavy atom. The first kappa shape index (κ1) is 15.0. The summed E-state index contributed by atoms with van der Waals surface area (Å²) in [5.74, 6) is 1.31. The first-order valence-electron chi connectivity index (χ1n) is 8.40. The summed E-state index contributed by atoms with van der Waals surface area (Å²) in [5, 5.41) is 3.71. The van der Waals surface area contributed by atoms with Gasteiger partial charge in [-0.3, -0.25) is 9.69 Å². The molecule has 3 heterocycles. The molecule has 0 aromatic carbocycles. The highest BCUT2D eigenvalue weighted by Gasteiger charge is 2.40. The van der Waals surface area contributed by atoms with Gasteiger partial charge in [-0.2, -0.15) is 0 Å². The van der Waals surface area contributed by atoms with Crippen molar-refractivity contribution in [3.63, 3.8) is 0 Å². The van der Waals surface area contributed by atoms with Gasteiger partial charge in [0.15, 0.2) is 0 Å². The van der Waals surface area contributed by atoms with Crippen molar-refractivity contribution < 1.29 is 18.8 Å². The predicted molar refractivity (Wildman–Crippen MR) is 81.4 cm³/mol. The predicted octanol–water partition coefficient (Wildman–Crippen LogP) is 1.01. The van der Waals surface area contributed by atoms with Crippen LogP contribution in [-0.4, -0.2) is 72.9 Å². The Kier molecular flexibility index (Phi) is 3.98. The number of carbonyl (C=O) groups excluding carboxylic acids is 1. The maximum Gasteiger partial charge on any atom is 0.292 e. The van der Waals surface area contributed by atoms with Crippen LogP contribution in [0.3, 0.4) is 0 Å². The first-order chi connectivity index (χ1) is 11.2. The van der Waals surface area contributed by atoms with Gasteiger partial charge in [0, 0.05) is 26.2 Å². The van der Waals surface area contributed by atoms with Gasteiger partial charge in [-0.1, -0.05) is 0 Å². The zero-order valence-electron chi connectivity index (χ0n) is 13.4. The van der Waals surface area contributed by atoms with Crippen molar-refractivity contribution in [1.29, 1.82) is 0 Å². The quantitative estimate of drug-likeness (QED) is 0.824. The van der Waals surface area contributed by atoms with Crippen molar-refractivity contribution in [2.75, 3.05) is 39.9 Å². The summed E-state index contributed by atoms with van der Waals surface area (Å²) in [6, 6.07) is 1.85. The number of amides is 1. The highest BCUT2D eigenvalue weighted by molar-refractivity contribution is 5.91. The molecule has 1 amide bonds. The van der Waals surface area contributed by atoms with E-state index in [1.165, 1.54) is 20.0 Å². The molecule has 126 valence electrons. The molecule has 1 saturated carbocycles. The number of morpholine rings is 1. The standard InChI is InChI=1S/C16H23N3O4/c1-21-15-8-14(23-17-15)16(20)19-5-4-13-12(10-19)18(6-7-22-13)9-11-2-3-11/h8,11-13H,2-7,9-10H2,1H3/t12-,13-/m0/s1. The maximum absolute atomic E-state index is 12.6. The largest absolute Gasteiger partial charge is 0.479 e. The molecule has 3 fully saturated rings. The van der Waals surface area contributed by atoms with Crippen molar-refractivity contribution in [3.8, 4) is 5.88 Å². The average molecular weight is 321 g/mol. The summed E-state index contributed by atoms with van der Waals surface area (Å²) in [7, 11) is 1.51. The Hall–Kier alpha value is -1.60. The number of nitrogens with zero attached hydrogens (tertiary/aromatic N) is 3. The fraction of sp³-hybridized carbons (Fsp3) is 0.750. The lowest BCUT2D eigenvalue weighted by Gasteiger charge is -2.47. The third kappa shape index (κ3) is 3.07. The van der Waals surface area contributed by atoms with Crippen molar-refractivity contribution in [2.24, 2.45) is 5.92 Å². The van der Waals surface area contributed by atoms with Crippen LogP contribution >= 0.6 is 0 Å². The molecule has 2 aliphatic heterocycles. The topological polar surface area (TPSA) is 68.0 Å². The molecule has 0 spiro atoms. The molecule has 2 atom stereocenters. The number of ether oxygens (including phenoxy) is 2. The van der Waals surface area contributed by atoms with Gasteiger partial charge in [-0.05, 0) is 30.3 Å². The van der Waals surface area contributed by atoms with Crippen LogP contribution in [0.15, 0.2) is 10.6 Å². The molecular weight excluding hydrogens is 298 g/mol. The van der Waals surface area contributed by atoms with Crippen LogP contribution in [0.5, 0.6) is 5.88 Å². The van der Waals surface area contributed by atoms with E-state index in [2.05, 4.69) is 10.1 Å². The molecule has 23 heavy (non-hydrogen) atoms. The zero-order valence-corrected chi connectivity index (χ0v) is 13.4. The molecule has 0 bridgehead atoms.